The third kappa shape index (κ3) is 3.39. The van der Waals surface area contributed by atoms with E-state index in [0.717, 1.165) is 30.3 Å². The topological polar surface area (TPSA) is 66.3 Å². The zero-order valence-electron chi connectivity index (χ0n) is 14.5. The zero-order chi connectivity index (χ0) is 16.7. The fourth-order valence-corrected chi connectivity index (χ4v) is 2.60. The number of hydrogen-bond acceptors (Lipinski definition) is 4. The summed E-state index contributed by atoms with van der Waals surface area (Å²) in [6.07, 6.45) is 1.56. The molecule has 0 radical (unpaired) electrons. The van der Waals surface area contributed by atoms with Gasteiger partial charge in [0, 0.05) is 23.4 Å². The molecule has 1 N–H and O–H groups in total. The van der Waals surface area contributed by atoms with Crippen LogP contribution in [0.4, 0.5) is 5.82 Å². The summed E-state index contributed by atoms with van der Waals surface area (Å²) in [7, 11) is 0. The van der Waals surface area contributed by atoms with E-state index in [1.54, 1.807) is 0 Å². The summed E-state index contributed by atoms with van der Waals surface area (Å²) in [5, 5.41) is 9.42. The number of nitrogens with zero attached hydrogens (tertiary/aromatic N) is 3. The number of carboxylic acid groups (broad SMARTS) is 1. The minimum atomic E-state index is -0.772. The largest absolute Gasteiger partial charge is 0.480 e. The van der Waals surface area contributed by atoms with Gasteiger partial charge >= 0.3 is 5.97 Å². The van der Waals surface area contributed by atoms with Crippen LogP contribution in [0.25, 0.3) is 0 Å². The number of anilines is 1. The predicted molar refractivity (Wildman–Crippen MR) is 87.4 cm³/mol. The van der Waals surface area contributed by atoms with Gasteiger partial charge in [0.15, 0.2) is 0 Å². The molecule has 5 nitrogen and oxygen atoms in total. The lowest BCUT2D eigenvalue weighted by Gasteiger charge is -2.28. The van der Waals surface area contributed by atoms with E-state index in [9.17, 15) is 9.90 Å². The van der Waals surface area contributed by atoms with Gasteiger partial charge in [0.1, 0.15) is 17.7 Å². The Kier molecular flexibility index (Phi) is 4.20. The molecular formula is C17H27N3O2. The lowest BCUT2D eigenvalue weighted by atomic mass is 9.90. The maximum atomic E-state index is 11.5. The van der Waals surface area contributed by atoms with Gasteiger partial charge < -0.3 is 10.0 Å². The predicted octanol–water partition coefficient (Wildman–Crippen LogP) is 3.13. The summed E-state index contributed by atoms with van der Waals surface area (Å²) < 4.78 is 0. The molecule has 0 aromatic carbocycles. The van der Waals surface area contributed by atoms with Crippen LogP contribution < -0.4 is 4.90 Å². The first-order valence-corrected chi connectivity index (χ1v) is 7.89. The van der Waals surface area contributed by atoms with Gasteiger partial charge in [0.25, 0.3) is 0 Å². The molecule has 1 aromatic rings. The molecule has 1 atom stereocenters. The summed E-state index contributed by atoms with van der Waals surface area (Å²) in [6, 6.07) is 1.48. The first-order valence-electron chi connectivity index (χ1n) is 7.89. The number of hydrogen-bond donors (Lipinski definition) is 1. The van der Waals surface area contributed by atoms with Crippen molar-refractivity contribution in [2.24, 2.45) is 0 Å². The van der Waals surface area contributed by atoms with Crippen molar-refractivity contribution in [2.75, 3.05) is 11.4 Å². The van der Waals surface area contributed by atoms with Gasteiger partial charge in [-0.25, -0.2) is 14.8 Å². The smallest absolute Gasteiger partial charge is 0.326 e. The molecule has 0 bridgehead atoms. The third-order valence-corrected chi connectivity index (χ3v) is 3.98. The van der Waals surface area contributed by atoms with Crippen LogP contribution in [0.5, 0.6) is 0 Å². The van der Waals surface area contributed by atoms with Gasteiger partial charge in [-0.15, -0.1) is 0 Å². The summed E-state index contributed by atoms with van der Waals surface area (Å²) >= 11 is 0. The molecule has 1 aliphatic heterocycles. The van der Waals surface area contributed by atoms with Crippen LogP contribution in [-0.2, 0) is 15.6 Å². The second-order valence-corrected chi connectivity index (χ2v) is 8.12. The molecule has 0 spiro atoms. The van der Waals surface area contributed by atoms with E-state index in [2.05, 4.69) is 46.5 Å². The van der Waals surface area contributed by atoms with E-state index < -0.39 is 12.0 Å². The Hall–Kier alpha value is -1.65. The lowest BCUT2D eigenvalue weighted by molar-refractivity contribution is -0.138. The Morgan fingerprint density at radius 3 is 2.32 bits per heavy atom. The minimum absolute atomic E-state index is 0.101. The molecule has 0 unspecified atom stereocenters. The standard InChI is InChI=1S/C17H27N3O2/c1-16(2,3)12-10-13(19-15(18-12)17(4,5)6)20-9-7-8-11(20)14(21)22/h10-11H,7-9H2,1-6H3,(H,21,22)/t11-/m0/s1. The Labute approximate surface area is 132 Å². The molecule has 1 fully saturated rings. The van der Waals surface area contributed by atoms with Crippen LogP contribution in [-0.4, -0.2) is 33.6 Å². The molecule has 0 aliphatic carbocycles. The van der Waals surface area contributed by atoms with E-state index in [4.69, 9.17) is 4.98 Å². The van der Waals surface area contributed by atoms with Gasteiger partial charge in [0.05, 0.1) is 5.69 Å². The van der Waals surface area contributed by atoms with Gasteiger partial charge in [-0.2, -0.15) is 0 Å². The van der Waals surface area contributed by atoms with E-state index in [1.165, 1.54) is 0 Å². The molecule has 1 aromatic heterocycles. The molecule has 0 saturated carbocycles. The highest BCUT2D eigenvalue weighted by Gasteiger charge is 2.33. The van der Waals surface area contributed by atoms with E-state index in [0.29, 0.717) is 6.42 Å². The maximum absolute atomic E-state index is 11.5. The number of carboxylic acids is 1. The fraction of sp³-hybridized carbons (Fsp3) is 0.706. The van der Waals surface area contributed by atoms with Gasteiger partial charge in [-0.3, -0.25) is 0 Å². The van der Waals surface area contributed by atoms with Crippen LogP contribution >= 0.6 is 0 Å². The van der Waals surface area contributed by atoms with Crippen molar-refractivity contribution in [2.45, 2.75) is 71.3 Å². The molecule has 22 heavy (non-hydrogen) atoms. The van der Waals surface area contributed by atoms with Gasteiger partial charge in [-0.1, -0.05) is 41.5 Å². The van der Waals surface area contributed by atoms with Crippen molar-refractivity contribution in [3.05, 3.63) is 17.6 Å². The first-order chi connectivity index (χ1) is 10.00. The maximum Gasteiger partial charge on any atom is 0.326 e. The molecular weight excluding hydrogens is 278 g/mol. The second kappa shape index (κ2) is 5.52. The average Bonchev–Trinajstić information content (AvgIpc) is 2.85. The van der Waals surface area contributed by atoms with Crippen molar-refractivity contribution in [3.8, 4) is 0 Å². The molecule has 5 heteroatoms. The third-order valence-electron chi connectivity index (χ3n) is 3.98. The number of aromatic nitrogens is 2. The van der Waals surface area contributed by atoms with Gasteiger partial charge in [-0.05, 0) is 12.8 Å². The summed E-state index contributed by atoms with van der Waals surface area (Å²) in [5.74, 6) is 0.742. The Balaban J connectivity index is 2.53. The highest BCUT2D eigenvalue weighted by molar-refractivity contribution is 5.78. The summed E-state index contributed by atoms with van der Waals surface area (Å²) in [5.41, 5.74) is 0.684. The van der Waals surface area contributed by atoms with Crippen molar-refractivity contribution in [1.82, 2.24) is 9.97 Å². The Bertz CT molecular complexity index is 538. The van der Waals surface area contributed by atoms with Crippen LogP contribution in [0.1, 0.15) is 65.9 Å². The van der Waals surface area contributed by atoms with E-state index >= 15 is 0 Å². The molecule has 1 saturated heterocycles. The van der Waals surface area contributed by atoms with Crippen molar-refractivity contribution in [1.29, 1.82) is 0 Å². The van der Waals surface area contributed by atoms with E-state index in [-0.39, 0.29) is 10.8 Å². The highest BCUT2D eigenvalue weighted by Crippen LogP contribution is 2.31. The van der Waals surface area contributed by atoms with Crippen LogP contribution in [0.15, 0.2) is 6.07 Å². The summed E-state index contributed by atoms with van der Waals surface area (Å²) in [6.45, 7) is 13.3. The Morgan fingerprint density at radius 1 is 1.18 bits per heavy atom. The summed E-state index contributed by atoms with van der Waals surface area (Å²) in [4.78, 5) is 22.8. The normalized spacial score (nSPS) is 19.5. The average molecular weight is 305 g/mol. The monoisotopic (exact) mass is 305 g/mol. The molecule has 2 heterocycles. The molecule has 1 aliphatic rings. The molecule has 2 rings (SSSR count). The van der Waals surface area contributed by atoms with E-state index in [1.807, 2.05) is 11.0 Å². The van der Waals surface area contributed by atoms with Crippen LogP contribution in [0.2, 0.25) is 0 Å². The quantitative estimate of drug-likeness (QED) is 0.909. The van der Waals surface area contributed by atoms with Crippen LogP contribution in [0, 0.1) is 0 Å². The SMILES string of the molecule is CC(C)(C)c1cc(N2CCC[C@H]2C(=O)O)nc(C(C)(C)C)n1. The molecule has 122 valence electrons. The highest BCUT2D eigenvalue weighted by atomic mass is 16.4. The Morgan fingerprint density at radius 2 is 1.82 bits per heavy atom. The molecule has 0 amide bonds. The number of aliphatic carboxylic acids is 1. The second-order valence-electron chi connectivity index (χ2n) is 8.12. The van der Waals surface area contributed by atoms with Crippen LogP contribution in [0.3, 0.4) is 0 Å². The lowest BCUT2D eigenvalue weighted by Crippen LogP contribution is -2.37. The fourth-order valence-electron chi connectivity index (χ4n) is 2.60. The zero-order valence-corrected chi connectivity index (χ0v) is 14.5. The van der Waals surface area contributed by atoms with Crippen molar-refractivity contribution >= 4 is 11.8 Å². The van der Waals surface area contributed by atoms with Crippen molar-refractivity contribution in [3.63, 3.8) is 0 Å². The van der Waals surface area contributed by atoms with Crippen molar-refractivity contribution < 1.29 is 9.90 Å². The van der Waals surface area contributed by atoms with Gasteiger partial charge in [0.2, 0.25) is 0 Å². The number of carbonyl (C=O) groups is 1. The minimum Gasteiger partial charge on any atom is -0.480 e. The number of rotatable bonds is 2. The first kappa shape index (κ1) is 16.7.